The fraction of sp³-hybridized carbons (Fsp3) is 0.357. The summed E-state index contributed by atoms with van der Waals surface area (Å²) in [5.41, 5.74) is 4.24. The van der Waals surface area contributed by atoms with Crippen LogP contribution in [0.25, 0.3) is 11.0 Å². The molecule has 3 N–H and O–H groups in total. The van der Waals surface area contributed by atoms with Crippen LogP contribution in [-0.4, -0.2) is 40.3 Å². The van der Waals surface area contributed by atoms with Crippen molar-refractivity contribution >= 4 is 17.0 Å². The van der Waals surface area contributed by atoms with Gasteiger partial charge in [0.25, 0.3) is 5.56 Å². The number of halogens is 3. The zero-order valence-corrected chi connectivity index (χ0v) is 11.9. The molecule has 0 radical (unpaired) electrons. The first kappa shape index (κ1) is 16.9. The number of carboxylic acids is 1. The van der Waals surface area contributed by atoms with Crippen LogP contribution in [0, 0.1) is 0 Å². The molecule has 124 valence electrons. The number of nitrogens with zero attached hydrogens (tertiary/aromatic N) is 1. The molecular formula is C14H14F3N3O3. The van der Waals surface area contributed by atoms with Crippen LogP contribution in [0.2, 0.25) is 0 Å². The average Bonchev–Trinajstić information content (AvgIpc) is 2.69. The Morgan fingerprint density at radius 2 is 1.74 bits per heavy atom. The Balaban J connectivity index is 0.000000236. The van der Waals surface area contributed by atoms with Gasteiger partial charge in [-0.1, -0.05) is 0 Å². The lowest BCUT2D eigenvalue weighted by atomic mass is 10.0. The number of nitrogens with one attached hydrogen (secondary N) is 2. The number of carboxylic acid groups (broad SMARTS) is 1. The number of aliphatic carboxylic acids is 1. The summed E-state index contributed by atoms with van der Waals surface area (Å²) >= 11 is 0. The van der Waals surface area contributed by atoms with Gasteiger partial charge < -0.3 is 15.4 Å². The van der Waals surface area contributed by atoms with Gasteiger partial charge >= 0.3 is 12.1 Å². The Morgan fingerprint density at radius 1 is 1.17 bits per heavy atom. The minimum Gasteiger partial charge on any atom is -0.475 e. The van der Waals surface area contributed by atoms with Crippen LogP contribution in [0.3, 0.4) is 0 Å². The molecule has 0 saturated heterocycles. The fourth-order valence-corrected chi connectivity index (χ4v) is 2.21. The van der Waals surface area contributed by atoms with Crippen LogP contribution in [-0.2, 0) is 17.6 Å². The normalized spacial score (nSPS) is 14.4. The molecule has 0 spiro atoms. The van der Waals surface area contributed by atoms with Crippen molar-refractivity contribution in [3.63, 3.8) is 0 Å². The minimum atomic E-state index is -5.08. The number of carbonyl (C=O) groups is 1. The third-order valence-electron chi connectivity index (χ3n) is 3.28. The summed E-state index contributed by atoms with van der Waals surface area (Å²) in [7, 11) is 0. The quantitative estimate of drug-likeness (QED) is 0.676. The van der Waals surface area contributed by atoms with Gasteiger partial charge in [-0.15, -0.1) is 0 Å². The van der Waals surface area contributed by atoms with Crippen molar-refractivity contribution in [3.8, 4) is 0 Å². The average molecular weight is 329 g/mol. The number of fused-ring (bicyclic) bond motifs is 2. The molecule has 1 aliphatic heterocycles. The molecule has 0 unspecified atom stereocenters. The van der Waals surface area contributed by atoms with E-state index in [1.807, 2.05) is 0 Å². The molecule has 0 atom stereocenters. The monoisotopic (exact) mass is 329 g/mol. The van der Waals surface area contributed by atoms with Crippen LogP contribution >= 0.6 is 0 Å². The zero-order chi connectivity index (χ0) is 17.0. The Kier molecular flexibility index (Phi) is 4.99. The first-order valence-electron chi connectivity index (χ1n) is 6.79. The Labute approximate surface area is 128 Å². The summed E-state index contributed by atoms with van der Waals surface area (Å²) in [4.78, 5) is 27.1. The van der Waals surface area contributed by atoms with E-state index in [0.717, 1.165) is 37.0 Å². The summed E-state index contributed by atoms with van der Waals surface area (Å²) in [5.74, 6) is -2.76. The molecule has 9 heteroatoms. The molecule has 2 heterocycles. The number of aromatic nitrogens is 2. The van der Waals surface area contributed by atoms with E-state index in [9.17, 15) is 18.0 Å². The number of hydrogen-bond acceptors (Lipinski definition) is 4. The third-order valence-corrected chi connectivity index (χ3v) is 3.28. The van der Waals surface area contributed by atoms with Crippen LogP contribution in [0.4, 0.5) is 13.2 Å². The van der Waals surface area contributed by atoms with Gasteiger partial charge in [0.15, 0.2) is 0 Å². The summed E-state index contributed by atoms with van der Waals surface area (Å²) in [6.07, 6.45) is -1.70. The number of rotatable bonds is 0. The molecule has 0 fully saturated rings. The largest absolute Gasteiger partial charge is 0.490 e. The van der Waals surface area contributed by atoms with Crippen LogP contribution in [0.5, 0.6) is 0 Å². The standard InChI is InChI=1S/C12H13N3O.C2HF3O2/c16-12-7-14-10-5-8-1-3-13-4-2-9(8)6-11(10)15-12;3-2(4,5)1(6)7/h5-7,13H,1-4H2,(H,15,16);(H,6,7). The van der Waals surface area contributed by atoms with Crippen LogP contribution in [0.15, 0.2) is 23.1 Å². The molecule has 1 aliphatic rings. The summed E-state index contributed by atoms with van der Waals surface area (Å²) in [6.45, 7) is 2.02. The molecule has 6 nitrogen and oxygen atoms in total. The maximum atomic E-state index is 11.2. The summed E-state index contributed by atoms with van der Waals surface area (Å²) < 4.78 is 31.7. The van der Waals surface area contributed by atoms with Gasteiger partial charge in [0, 0.05) is 0 Å². The van der Waals surface area contributed by atoms with Crippen molar-refractivity contribution < 1.29 is 23.1 Å². The lowest BCUT2D eigenvalue weighted by molar-refractivity contribution is -0.192. The predicted molar refractivity (Wildman–Crippen MR) is 76.3 cm³/mol. The fourth-order valence-electron chi connectivity index (χ4n) is 2.21. The van der Waals surface area contributed by atoms with Gasteiger partial charge in [-0.25, -0.2) is 9.78 Å². The number of H-pyrrole nitrogens is 1. The Hall–Kier alpha value is -2.42. The van der Waals surface area contributed by atoms with Crippen molar-refractivity contribution in [3.05, 3.63) is 39.8 Å². The molecule has 23 heavy (non-hydrogen) atoms. The first-order valence-corrected chi connectivity index (χ1v) is 6.79. The van der Waals surface area contributed by atoms with E-state index in [2.05, 4.69) is 27.4 Å². The van der Waals surface area contributed by atoms with Gasteiger partial charge in [0.1, 0.15) is 0 Å². The Morgan fingerprint density at radius 3 is 2.30 bits per heavy atom. The molecule has 0 bridgehead atoms. The molecule has 3 rings (SSSR count). The highest BCUT2D eigenvalue weighted by Gasteiger charge is 2.38. The van der Waals surface area contributed by atoms with Crippen molar-refractivity contribution in [2.75, 3.05) is 13.1 Å². The molecule has 1 aromatic heterocycles. The van der Waals surface area contributed by atoms with Crippen molar-refractivity contribution in [1.29, 1.82) is 0 Å². The van der Waals surface area contributed by atoms with Crippen molar-refractivity contribution in [2.45, 2.75) is 19.0 Å². The van der Waals surface area contributed by atoms with E-state index >= 15 is 0 Å². The first-order chi connectivity index (χ1) is 10.8. The number of alkyl halides is 3. The topological polar surface area (TPSA) is 95.1 Å². The number of benzene rings is 1. The molecule has 0 saturated carbocycles. The smallest absolute Gasteiger partial charge is 0.475 e. The highest BCUT2D eigenvalue weighted by atomic mass is 19.4. The maximum absolute atomic E-state index is 11.2. The van der Waals surface area contributed by atoms with E-state index in [-0.39, 0.29) is 5.56 Å². The second kappa shape index (κ2) is 6.78. The Bertz CT molecular complexity index is 771. The number of aromatic amines is 1. The van der Waals surface area contributed by atoms with Crippen molar-refractivity contribution in [2.24, 2.45) is 0 Å². The van der Waals surface area contributed by atoms with Crippen molar-refractivity contribution in [1.82, 2.24) is 15.3 Å². The minimum absolute atomic E-state index is 0.140. The second-order valence-corrected chi connectivity index (χ2v) is 4.94. The highest BCUT2D eigenvalue weighted by Crippen LogP contribution is 2.18. The molecule has 0 amide bonds. The summed E-state index contributed by atoms with van der Waals surface area (Å²) in [5, 5.41) is 10.5. The van der Waals surface area contributed by atoms with E-state index < -0.39 is 12.1 Å². The lowest BCUT2D eigenvalue weighted by Gasteiger charge is -2.06. The van der Waals surface area contributed by atoms with E-state index in [1.165, 1.54) is 17.3 Å². The van der Waals surface area contributed by atoms with E-state index in [1.54, 1.807) is 0 Å². The second-order valence-electron chi connectivity index (χ2n) is 4.94. The highest BCUT2D eigenvalue weighted by molar-refractivity contribution is 5.76. The van der Waals surface area contributed by atoms with Gasteiger partial charge in [-0.2, -0.15) is 13.2 Å². The van der Waals surface area contributed by atoms with Crippen LogP contribution in [0.1, 0.15) is 11.1 Å². The molecule has 1 aromatic carbocycles. The lowest BCUT2D eigenvalue weighted by Crippen LogP contribution is -2.21. The predicted octanol–water partition coefficient (Wildman–Crippen LogP) is 1.24. The van der Waals surface area contributed by atoms with Gasteiger partial charge in [0.05, 0.1) is 17.2 Å². The maximum Gasteiger partial charge on any atom is 0.490 e. The van der Waals surface area contributed by atoms with E-state index in [4.69, 9.17) is 9.90 Å². The van der Waals surface area contributed by atoms with E-state index in [0.29, 0.717) is 0 Å². The van der Waals surface area contributed by atoms with Gasteiger partial charge in [-0.3, -0.25) is 4.79 Å². The zero-order valence-electron chi connectivity index (χ0n) is 11.9. The van der Waals surface area contributed by atoms with Gasteiger partial charge in [-0.05, 0) is 49.2 Å². The molecule has 2 aromatic rings. The number of hydrogen-bond donors (Lipinski definition) is 3. The summed E-state index contributed by atoms with van der Waals surface area (Å²) in [6, 6.07) is 4.15. The molecular weight excluding hydrogens is 315 g/mol. The SMILES string of the molecule is O=C(O)C(F)(F)F.O=c1cnc2cc3c(cc2[nH]1)CCNCC3. The third kappa shape index (κ3) is 4.52. The van der Waals surface area contributed by atoms with Crippen LogP contribution < -0.4 is 10.9 Å². The van der Waals surface area contributed by atoms with Gasteiger partial charge in [0.2, 0.25) is 0 Å². The molecule has 0 aliphatic carbocycles.